The topological polar surface area (TPSA) is 20.3 Å². The maximum Gasteiger partial charge on any atom is 0.237 e. The van der Waals surface area contributed by atoms with Gasteiger partial charge in [0.05, 0.1) is 0 Å². The summed E-state index contributed by atoms with van der Waals surface area (Å²) in [6.07, 6.45) is 0.880. The van der Waals surface area contributed by atoms with Crippen LogP contribution in [0.1, 0.15) is 16.7 Å². The third-order valence-electron chi connectivity index (χ3n) is 2.75. The summed E-state index contributed by atoms with van der Waals surface area (Å²) in [5, 5.41) is 0. The van der Waals surface area contributed by atoms with Gasteiger partial charge in [0, 0.05) is 13.6 Å². The van der Waals surface area contributed by atoms with Crippen LogP contribution in [0, 0.1) is 13.8 Å². The summed E-state index contributed by atoms with van der Waals surface area (Å²) < 4.78 is 0. The van der Waals surface area contributed by atoms with Gasteiger partial charge in [0.2, 0.25) is 5.91 Å². The van der Waals surface area contributed by atoms with Crippen molar-refractivity contribution in [3.63, 3.8) is 0 Å². The van der Waals surface area contributed by atoms with Crippen LogP contribution in [0.2, 0.25) is 0 Å². The first-order chi connectivity index (χ1) is 7.54. The molecule has 0 aliphatic carbocycles. The summed E-state index contributed by atoms with van der Waals surface area (Å²) in [5.74, 6) is 0.0371. The van der Waals surface area contributed by atoms with Crippen LogP contribution in [0.3, 0.4) is 0 Å². The average Bonchev–Trinajstić information content (AvgIpc) is 2.26. The molecule has 0 aliphatic heterocycles. The molecule has 0 N–H and O–H groups in total. The zero-order valence-corrected chi connectivity index (χ0v) is 10.8. The van der Waals surface area contributed by atoms with Gasteiger partial charge in [-0.2, -0.15) is 0 Å². The number of benzene rings is 1. The van der Waals surface area contributed by atoms with Crippen LogP contribution in [0.15, 0.2) is 18.2 Å². The molecule has 1 amide bonds. The summed E-state index contributed by atoms with van der Waals surface area (Å²) in [4.78, 5) is 12.9. The van der Waals surface area contributed by atoms with Crippen molar-refractivity contribution in [2.24, 2.45) is 0 Å². The number of carbonyl (C=O) groups excluding carboxylic acids is 1. The Bertz CT molecular complexity index is 376. The number of carbonyl (C=O) groups is 1. The first-order valence-electron chi connectivity index (χ1n) is 5.40. The highest BCUT2D eigenvalue weighted by atomic mass is 35.5. The van der Waals surface area contributed by atoms with E-state index in [1.807, 2.05) is 0 Å². The van der Waals surface area contributed by atoms with Gasteiger partial charge in [-0.3, -0.25) is 4.79 Å². The second-order valence-electron chi connectivity index (χ2n) is 4.13. The fraction of sp³-hybridized carbons (Fsp3) is 0.462. The number of hydrogen-bond donors (Lipinski definition) is 0. The summed E-state index contributed by atoms with van der Waals surface area (Å²) in [7, 11) is 1.79. The molecule has 0 heterocycles. The molecule has 0 atom stereocenters. The molecule has 0 aromatic heterocycles. The zero-order chi connectivity index (χ0) is 12.1. The molecule has 2 nitrogen and oxygen atoms in total. The molecule has 0 bridgehead atoms. The number of aryl methyl sites for hydroxylation is 2. The second kappa shape index (κ2) is 5.90. The minimum Gasteiger partial charge on any atom is -0.344 e. The van der Waals surface area contributed by atoms with Gasteiger partial charge in [0.25, 0.3) is 0 Å². The van der Waals surface area contributed by atoms with E-state index >= 15 is 0 Å². The van der Waals surface area contributed by atoms with Gasteiger partial charge in [-0.15, -0.1) is 11.6 Å². The molecular weight excluding hydrogens is 222 g/mol. The Morgan fingerprint density at radius 2 is 2.06 bits per heavy atom. The highest BCUT2D eigenvalue weighted by molar-refractivity contribution is 6.27. The molecule has 3 heteroatoms. The molecule has 0 spiro atoms. The fourth-order valence-electron chi connectivity index (χ4n) is 1.64. The Balaban J connectivity index is 2.58. The van der Waals surface area contributed by atoms with Crippen molar-refractivity contribution in [2.45, 2.75) is 20.3 Å². The van der Waals surface area contributed by atoms with Crippen molar-refractivity contribution in [1.82, 2.24) is 4.90 Å². The zero-order valence-electron chi connectivity index (χ0n) is 10.1. The van der Waals surface area contributed by atoms with E-state index in [0.29, 0.717) is 0 Å². The van der Waals surface area contributed by atoms with E-state index in [0.717, 1.165) is 13.0 Å². The monoisotopic (exact) mass is 239 g/mol. The minimum atomic E-state index is -0.0218. The van der Waals surface area contributed by atoms with Crippen molar-refractivity contribution >= 4 is 17.5 Å². The van der Waals surface area contributed by atoms with E-state index in [1.54, 1.807) is 11.9 Å². The number of amides is 1. The summed E-state index contributed by atoms with van der Waals surface area (Å²) in [6.45, 7) is 4.90. The normalized spacial score (nSPS) is 10.2. The third-order valence-corrected chi connectivity index (χ3v) is 2.98. The van der Waals surface area contributed by atoms with Gasteiger partial charge in [-0.1, -0.05) is 23.8 Å². The summed E-state index contributed by atoms with van der Waals surface area (Å²) in [5.41, 5.74) is 3.85. The molecule has 1 aromatic rings. The van der Waals surface area contributed by atoms with E-state index in [-0.39, 0.29) is 11.8 Å². The van der Waals surface area contributed by atoms with E-state index in [2.05, 4.69) is 32.0 Å². The standard InChI is InChI=1S/C13H18ClNO/c1-10-4-5-12(11(2)8-10)6-7-15(3)13(16)9-14/h4-5,8H,6-7,9H2,1-3H3. The highest BCUT2D eigenvalue weighted by Gasteiger charge is 2.07. The first kappa shape index (κ1) is 13.0. The lowest BCUT2D eigenvalue weighted by Gasteiger charge is -2.16. The van der Waals surface area contributed by atoms with Crippen LogP contribution >= 0.6 is 11.6 Å². The molecule has 0 saturated carbocycles. The SMILES string of the molecule is Cc1ccc(CCN(C)C(=O)CCl)c(C)c1. The van der Waals surface area contributed by atoms with Crippen molar-refractivity contribution in [3.05, 3.63) is 34.9 Å². The summed E-state index contributed by atoms with van der Waals surface area (Å²) in [6, 6.07) is 6.40. The van der Waals surface area contributed by atoms with E-state index in [4.69, 9.17) is 11.6 Å². The van der Waals surface area contributed by atoms with Crippen LogP contribution in [0.4, 0.5) is 0 Å². The number of likely N-dealkylation sites (N-methyl/N-ethyl adjacent to an activating group) is 1. The van der Waals surface area contributed by atoms with Gasteiger partial charge < -0.3 is 4.90 Å². The van der Waals surface area contributed by atoms with Crippen LogP contribution in [0.5, 0.6) is 0 Å². The molecule has 88 valence electrons. The van der Waals surface area contributed by atoms with Crippen LogP contribution in [-0.2, 0) is 11.2 Å². The molecular formula is C13H18ClNO. The molecule has 16 heavy (non-hydrogen) atoms. The Hall–Kier alpha value is -1.02. The predicted octanol–water partition coefficient (Wildman–Crippen LogP) is 2.54. The molecule has 1 rings (SSSR count). The average molecular weight is 240 g/mol. The smallest absolute Gasteiger partial charge is 0.237 e. The molecule has 1 aromatic carbocycles. The van der Waals surface area contributed by atoms with E-state index in [9.17, 15) is 4.79 Å². The maximum atomic E-state index is 11.3. The predicted molar refractivity (Wildman–Crippen MR) is 68.0 cm³/mol. The summed E-state index contributed by atoms with van der Waals surface area (Å²) >= 11 is 5.49. The number of rotatable bonds is 4. The van der Waals surface area contributed by atoms with Gasteiger partial charge in [0.15, 0.2) is 0 Å². The number of halogens is 1. The van der Waals surface area contributed by atoms with Crippen LogP contribution in [0.25, 0.3) is 0 Å². The molecule has 0 fully saturated rings. The third kappa shape index (κ3) is 3.53. The van der Waals surface area contributed by atoms with Crippen molar-refractivity contribution < 1.29 is 4.79 Å². The quantitative estimate of drug-likeness (QED) is 0.740. The van der Waals surface area contributed by atoms with Crippen LogP contribution in [-0.4, -0.2) is 30.3 Å². The van der Waals surface area contributed by atoms with Gasteiger partial charge >= 0.3 is 0 Å². The van der Waals surface area contributed by atoms with E-state index in [1.165, 1.54) is 16.7 Å². The lowest BCUT2D eigenvalue weighted by Crippen LogP contribution is -2.29. The van der Waals surface area contributed by atoms with Gasteiger partial charge in [-0.25, -0.2) is 0 Å². The second-order valence-corrected chi connectivity index (χ2v) is 4.40. The Morgan fingerprint density at radius 1 is 1.38 bits per heavy atom. The minimum absolute atomic E-state index is 0.0218. The molecule has 0 saturated heterocycles. The lowest BCUT2D eigenvalue weighted by atomic mass is 10.0. The number of hydrogen-bond acceptors (Lipinski definition) is 1. The molecule has 0 radical (unpaired) electrons. The van der Waals surface area contributed by atoms with Crippen molar-refractivity contribution in [3.8, 4) is 0 Å². The largest absolute Gasteiger partial charge is 0.344 e. The Labute approximate surface area is 102 Å². The highest BCUT2D eigenvalue weighted by Crippen LogP contribution is 2.11. The Kier molecular flexibility index (Phi) is 4.81. The van der Waals surface area contributed by atoms with Crippen molar-refractivity contribution in [1.29, 1.82) is 0 Å². The van der Waals surface area contributed by atoms with Crippen LogP contribution < -0.4 is 0 Å². The Morgan fingerprint density at radius 3 is 2.62 bits per heavy atom. The number of alkyl halides is 1. The van der Waals surface area contributed by atoms with Gasteiger partial charge in [0.1, 0.15) is 5.88 Å². The molecule has 0 unspecified atom stereocenters. The van der Waals surface area contributed by atoms with Crippen molar-refractivity contribution in [2.75, 3.05) is 19.5 Å². The molecule has 0 aliphatic rings. The fourth-order valence-corrected chi connectivity index (χ4v) is 1.85. The first-order valence-corrected chi connectivity index (χ1v) is 5.94. The lowest BCUT2D eigenvalue weighted by molar-refractivity contribution is -0.127. The maximum absolute atomic E-state index is 11.3. The number of nitrogens with zero attached hydrogens (tertiary/aromatic N) is 1. The van der Waals surface area contributed by atoms with Gasteiger partial charge in [-0.05, 0) is 31.4 Å². The van der Waals surface area contributed by atoms with E-state index < -0.39 is 0 Å².